The quantitative estimate of drug-likeness (QED) is 0.807. The lowest BCUT2D eigenvalue weighted by Gasteiger charge is -2.07. The lowest BCUT2D eigenvalue weighted by Crippen LogP contribution is -2.25. The number of hydrogen-bond acceptors (Lipinski definition) is 3. The Labute approximate surface area is 99.1 Å². The van der Waals surface area contributed by atoms with Crippen molar-refractivity contribution in [2.75, 3.05) is 0 Å². The van der Waals surface area contributed by atoms with Crippen LogP contribution in [0.5, 0.6) is 0 Å². The summed E-state index contributed by atoms with van der Waals surface area (Å²) in [5.74, 6) is 0.548. The number of aryl methyl sites for hydroxylation is 1. The van der Waals surface area contributed by atoms with Gasteiger partial charge in [0.05, 0.1) is 6.54 Å². The summed E-state index contributed by atoms with van der Waals surface area (Å²) in [4.78, 5) is 15.8. The van der Waals surface area contributed by atoms with Gasteiger partial charge in [0.15, 0.2) is 0 Å². The zero-order chi connectivity index (χ0) is 12.1. The van der Waals surface area contributed by atoms with Crippen LogP contribution in [0.25, 0.3) is 0 Å². The maximum absolute atomic E-state index is 11.9. The van der Waals surface area contributed by atoms with Crippen LogP contribution in [0.15, 0.2) is 24.7 Å². The molecule has 6 heteroatoms. The van der Waals surface area contributed by atoms with Gasteiger partial charge in [-0.1, -0.05) is 6.92 Å². The lowest BCUT2D eigenvalue weighted by atomic mass is 10.3. The summed E-state index contributed by atoms with van der Waals surface area (Å²) in [5.41, 5.74) is 0.673. The van der Waals surface area contributed by atoms with Crippen molar-refractivity contribution in [1.29, 1.82) is 0 Å². The Morgan fingerprint density at radius 2 is 2.47 bits per heavy atom. The summed E-state index contributed by atoms with van der Waals surface area (Å²) < 4.78 is 1.94. The standard InChI is InChI=1S/C11H15N5O/c1-2-5-16-6-3-4-9(16)11(17)12-7-10-13-8-14-15-10/h3-4,6,8H,2,5,7H2,1H3,(H,12,17)(H,13,14,15). The first-order valence-electron chi connectivity index (χ1n) is 5.59. The minimum absolute atomic E-state index is 0.0974. The van der Waals surface area contributed by atoms with Crippen LogP contribution < -0.4 is 5.32 Å². The molecule has 17 heavy (non-hydrogen) atoms. The van der Waals surface area contributed by atoms with Crippen LogP contribution >= 0.6 is 0 Å². The molecule has 0 aromatic carbocycles. The normalized spacial score (nSPS) is 10.4. The van der Waals surface area contributed by atoms with Gasteiger partial charge < -0.3 is 9.88 Å². The molecule has 0 saturated heterocycles. The first-order chi connectivity index (χ1) is 8.31. The second-order valence-electron chi connectivity index (χ2n) is 3.70. The molecule has 0 fully saturated rings. The fourth-order valence-corrected chi connectivity index (χ4v) is 1.63. The second-order valence-corrected chi connectivity index (χ2v) is 3.70. The number of rotatable bonds is 5. The number of carbonyl (C=O) groups excluding carboxylic acids is 1. The number of nitrogens with one attached hydrogen (secondary N) is 2. The Kier molecular flexibility index (Phi) is 3.54. The summed E-state index contributed by atoms with van der Waals surface area (Å²) in [7, 11) is 0. The highest BCUT2D eigenvalue weighted by Crippen LogP contribution is 2.03. The molecule has 2 rings (SSSR count). The number of aromatic amines is 1. The molecule has 0 unspecified atom stereocenters. The predicted octanol–water partition coefficient (Wildman–Crippen LogP) is 0.946. The highest BCUT2D eigenvalue weighted by atomic mass is 16.1. The Bertz CT molecular complexity index is 474. The van der Waals surface area contributed by atoms with E-state index in [9.17, 15) is 4.79 Å². The van der Waals surface area contributed by atoms with Crippen molar-refractivity contribution >= 4 is 5.91 Å². The molecule has 2 heterocycles. The monoisotopic (exact) mass is 233 g/mol. The molecule has 0 spiro atoms. The first kappa shape index (κ1) is 11.4. The Balaban J connectivity index is 1.97. The van der Waals surface area contributed by atoms with Gasteiger partial charge in [0.1, 0.15) is 17.8 Å². The van der Waals surface area contributed by atoms with Gasteiger partial charge in [-0.25, -0.2) is 4.98 Å². The molecule has 0 aliphatic heterocycles. The van der Waals surface area contributed by atoms with Crippen LogP contribution in [0.3, 0.4) is 0 Å². The molecule has 0 atom stereocenters. The highest BCUT2D eigenvalue weighted by Gasteiger charge is 2.10. The number of amides is 1. The maximum Gasteiger partial charge on any atom is 0.268 e. The van der Waals surface area contributed by atoms with Crippen molar-refractivity contribution < 1.29 is 4.79 Å². The summed E-state index contributed by atoms with van der Waals surface area (Å²) in [5, 5.41) is 9.20. The van der Waals surface area contributed by atoms with Crippen LogP contribution in [0.4, 0.5) is 0 Å². The zero-order valence-electron chi connectivity index (χ0n) is 9.68. The van der Waals surface area contributed by atoms with Gasteiger partial charge in [0.2, 0.25) is 0 Å². The zero-order valence-corrected chi connectivity index (χ0v) is 9.68. The van der Waals surface area contributed by atoms with Gasteiger partial charge in [-0.3, -0.25) is 9.89 Å². The van der Waals surface area contributed by atoms with Gasteiger partial charge in [-0.05, 0) is 18.6 Å². The highest BCUT2D eigenvalue weighted by molar-refractivity contribution is 5.92. The first-order valence-corrected chi connectivity index (χ1v) is 5.59. The van der Waals surface area contributed by atoms with Crippen molar-refractivity contribution in [2.45, 2.75) is 26.4 Å². The molecule has 90 valence electrons. The SMILES string of the molecule is CCCn1cccc1C(=O)NCc1ncn[nH]1. The largest absolute Gasteiger partial charge is 0.344 e. The van der Waals surface area contributed by atoms with E-state index in [1.807, 2.05) is 22.9 Å². The van der Waals surface area contributed by atoms with Crippen LogP contribution in [-0.2, 0) is 13.1 Å². The van der Waals surface area contributed by atoms with Gasteiger partial charge >= 0.3 is 0 Å². The molecular weight excluding hydrogens is 218 g/mol. The van der Waals surface area contributed by atoms with Crippen molar-refractivity contribution in [2.24, 2.45) is 0 Å². The molecule has 1 amide bonds. The van der Waals surface area contributed by atoms with Crippen LogP contribution in [-0.4, -0.2) is 25.7 Å². The van der Waals surface area contributed by atoms with Gasteiger partial charge in [-0.15, -0.1) is 0 Å². The molecule has 2 aromatic rings. The summed E-state index contributed by atoms with van der Waals surface area (Å²) in [6.45, 7) is 3.28. The molecule has 0 saturated carbocycles. The molecule has 0 aliphatic carbocycles. The molecule has 2 aromatic heterocycles. The molecule has 0 radical (unpaired) electrons. The van der Waals surface area contributed by atoms with Crippen LogP contribution in [0.2, 0.25) is 0 Å². The predicted molar refractivity (Wildman–Crippen MR) is 62.3 cm³/mol. The minimum atomic E-state index is -0.0974. The van der Waals surface area contributed by atoms with Gasteiger partial charge in [-0.2, -0.15) is 5.10 Å². The third kappa shape index (κ3) is 2.72. The average Bonchev–Trinajstić information content (AvgIpc) is 2.97. The topological polar surface area (TPSA) is 75.6 Å². The van der Waals surface area contributed by atoms with Crippen molar-refractivity contribution in [3.8, 4) is 0 Å². The Morgan fingerprint density at radius 1 is 1.59 bits per heavy atom. The molecule has 6 nitrogen and oxygen atoms in total. The Morgan fingerprint density at radius 3 is 3.18 bits per heavy atom. The number of carbonyl (C=O) groups is 1. The summed E-state index contributed by atoms with van der Waals surface area (Å²) in [6, 6.07) is 3.68. The molecule has 0 bridgehead atoms. The fourth-order valence-electron chi connectivity index (χ4n) is 1.63. The second kappa shape index (κ2) is 5.29. The van der Waals surface area contributed by atoms with Crippen molar-refractivity contribution in [3.05, 3.63) is 36.2 Å². The van der Waals surface area contributed by atoms with E-state index in [-0.39, 0.29) is 5.91 Å². The number of H-pyrrole nitrogens is 1. The summed E-state index contributed by atoms with van der Waals surface area (Å²) in [6.07, 6.45) is 4.32. The van der Waals surface area contributed by atoms with E-state index in [1.54, 1.807) is 0 Å². The molecule has 2 N–H and O–H groups in total. The number of nitrogens with zero attached hydrogens (tertiary/aromatic N) is 3. The van der Waals surface area contributed by atoms with E-state index in [1.165, 1.54) is 6.33 Å². The van der Waals surface area contributed by atoms with E-state index < -0.39 is 0 Å². The molecule has 0 aliphatic rings. The van der Waals surface area contributed by atoms with Gasteiger partial charge in [0, 0.05) is 12.7 Å². The minimum Gasteiger partial charge on any atom is -0.344 e. The Hall–Kier alpha value is -2.11. The third-order valence-corrected chi connectivity index (χ3v) is 2.41. The van der Waals surface area contributed by atoms with E-state index in [0.29, 0.717) is 18.1 Å². The van der Waals surface area contributed by atoms with Crippen molar-refractivity contribution in [1.82, 2.24) is 25.1 Å². The summed E-state index contributed by atoms with van der Waals surface area (Å²) >= 11 is 0. The van der Waals surface area contributed by atoms with Crippen LogP contribution in [0.1, 0.15) is 29.7 Å². The van der Waals surface area contributed by atoms with E-state index in [0.717, 1.165) is 13.0 Å². The average molecular weight is 233 g/mol. The molecular formula is C11H15N5O. The lowest BCUT2D eigenvalue weighted by molar-refractivity contribution is 0.0940. The van der Waals surface area contributed by atoms with Crippen LogP contribution in [0, 0.1) is 0 Å². The third-order valence-electron chi connectivity index (χ3n) is 2.41. The number of hydrogen-bond donors (Lipinski definition) is 2. The van der Waals surface area contributed by atoms with Crippen molar-refractivity contribution in [3.63, 3.8) is 0 Å². The smallest absolute Gasteiger partial charge is 0.268 e. The van der Waals surface area contributed by atoms with E-state index in [2.05, 4.69) is 27.4 Å². The fraction of sp³-hybridized carbons (Fsp3) is 0.364. The number of aromatic nitrogens is 4. The van der Waals surface area contributed by atoms with E-state index >= 15 is 0 Å². The van der Waals surface area contributed by atoms with Gasteiger partial charge in [0.25, 0.3) is 5.91 Å². The maximum atomic E-state index is 11.9. The van der Waals surface area contributed by atoms with E-state index in [4.69, 9.17) is 0 Å².